The molecule has 0 spiro atoms. The minimum absolute atomic E-state index is 0.180. The maximum absolute atomic E-state index is 12.8. The van der Waals surface area contributed by atoms with E-state index in [4.69, 9.17) is 9.47 Å². The molecule has 8 heteroatoms. The molecule has 2 aromatic heterocycles. The highest BCUT2D eigenvalue weighted by Crippen LogP contribution is 2.21. The summed E-state index contributed by atoms with van der Waals surface area (Å²) in [6.07, 6.45) is 5.76. The Morgan fingerprint density at radius 1 is 1.13 bits per heavy atom. The number of benzene rings is 1. The molecule has 0 unspecified atom stereocenters. The molecular formula is C23H28N4O4. The molecule has 0 aliphatic carbocycles. The Balaban J connectivity index is 1.67. The smallest absolute Gasteiger partial charge is 0.332 e. The van der Waals surface area contributed by atoms with E-state index < -0.39 is 0 Å². The van der Waals surface area contributed by atoms with Gasteiger partial charge in [0.15, 0.2) is 11.2 Å². The summed E-state index contributed by atoms with van der Waals surface area (Å²) < 4.78 is 16.0. The molecule has 4 rings (SSSR count). The number of imidazole rings is 1. The molecule has 1 fully saturated rings. The lowest BCUT2D eigenvalue weighted by Crippen LogP contribution is -2.39. The summed E-state index contributed by atoms with van der Waals surface area (Å²) in [4.78, 5) is 30.0. The van der Waals surface area contributed by atoms with E-state index in [0.29, 0.717) is 30.1 Å². The lowest BCUT2D eigenvalue weighted by atomic mass is 10.1. The molecule has 164 valence electrons. The van der Waals surface area contributed by atoms with Gasteiger partial charge in [-0.2, -0.15) is 0 Å². The first-order chi connectivity index (χ1) is 15.0. The number of aryl methyl sites for hydroxylation is 2. The molecule has 1 aliphatic heterocycles. The molecule has 0 radical (unpaired) electrons. The summed E-state index contributed by atoms with van der Waals surface area (Å²) >= 11 is 0. The van der Waals surface area contributed by atoms with Crippen molar-refractivity contribution in [3.8, 4) is 5.75 Å². The van der Waals surface area contributed by atoms with E-state index in [1.807, 2.05) is 43.3 Å². The Bertz CT molecular complexity index is 1230. The first kappa shape index (κ1) is 21.1. The number of ether oxygens (including phenoxy) is 2. The minimum atomic E-state index is -0.325. The zero-order chi connectivity index (χ0) is 22.0. The number of fused-ring (bicyclic) bond motifs is 1. The van der Waals surface area contributed by atoms with E-state index in [-0.39, 0.29) is 17.4 Å². The van der Waals surface area contributed by atoms with E-state index in [1.54, 1.807) is 23.1 Å². The Hall–Kier alpha value is -3.13. The monoisotopic (exact) mass is 424 g/mol. The standard InChI is InChI=1S/C23H28N4O4/c1-4-26-21-20(22(28)27(5-2)23(26)29)25(3)19(24-21)10-9-16-7-6-8-18(15-16)31-17-11-13-30-14-12-17/h6-10,15,17H,4-5,11-14H2,1-3H3/b10-9+. The van der Waals surface area contributed by atoms with Gasteiger partial charge < -0.3 is 14.0 Å². The largest absolute Gasteiger partial charge is 0.490 e. The van der Waals surface area contributed by atoms with Crippen LogP contribution in [-0.4, -0.2) is 38.0 Å². The van der Waals surface area contributed by atoms with Crippen LogP contribution in [0.25, 0.3) is 23.3 Å². The lowest BCUT2D eigenvalue weighted by molar-refractivity contribution is 0.0255. The van der Waals surface area contributed by atoms with Crippen LogP contribution in [0.5, 0.6) is 5.75 Å². The van der Waals surface area contributed by atoms with Gasteiger partial charge in [0.25, 0.3) is 5.56 Å². The third-order valence-corrected chi connectivity index (χ3v) is 5.66. The molecule has 0 atom stereocenters. The van der Waals surface area contributed by atoms with Gasteiger partial charge in [-0.3, -0.25) is 13.9 Å². The summed E-state index contributed by atoms with van der Waals surface area (Å²) in [7, 11) is 1.80. The fraction of sp³-hybridized carbons (Fsp3) is 0.435. The average molecular weight is 425 g/mol. The molecule has 0 N–H and O–H groups in total. The predicted octanol–water partition coefficient (Wildman–Crippen LogP) is 2.66. The molecule has 0 bridgehead atoms. The van der Waals surface area contributed by atoms with Crippen LogP contribution >= 0.6 is 0 Å². The van der Waals surface area contributed by atoms with Crippen LogP contribution < -0.4 is 16.0 Å². The van der Waals surface area contributed by atoms with Gasteiger partial charge in [0, 0.05) is 33.0 Å². The number of rotatable bonds is 6. The first-order valence-electron chi connectivity index (χ1n) is 10.8. The Kier molecular flexibility index (Phi) is 6.08. The van der Waals surface area contributed by atoms with Crippen molar-refractivity contribution in [3.63, 3.8) is 0 Å². The average Bonchev–Trinajstić information content (AvgIpc) is 3.10. The van der Waals surface area contributed by atoms with Crippen molar-refractivity contribution in [2.24, 2.45) is 7.05 Å². The predicted molar refractivity (Wildman–Crippen MR) is 120 cm³/mol. The molecule has 1 saturated heterocycles. The summed E-state index contributed by atoms with van der Waals surface area (Å²) in [6.45, 7) is 5.91. The van der Waals surface area contributed by atoms with E-state index in [0.717, 1.165) is 37.4 Å². The van der Waals surface area contributed by atoms with Crippen molar-refractivity contribution in [2.75, 3.05) is 13.2 Å². The van der Waals surface area contributed by atoms with E-state index in [1.165, 1.54) is 4.57 Å². The van der Waals surface area contributed by atoms with Crippen molar-refractivity contribution >= 4 is 23.3 Å². The van der Waals surface area contributed by atoms with Gasteiger partial charge in [-0.1, -0.05) is 18.2 Å². The zero-order valence-corrected chi connectivity index (χ0v) is 18.2. The molecule has 1 aromatic carbocycles. The number of hydrogen-bond acceptors (Lipinski definition) is 5. The van der Waals surface area contributed by atoms with Crippen LogP contribution in [0.2, 0.25) is 0 Å². The van der Waals surface area contributed by atoms with Crippen LogP contribution in [-0.2, 0) is 24.9 Å². The van der Waals surface area contributed by atoms with Gasteiger partial charge in [0.1, 0.15) is 17.7 Å². The van der Waals surface area contributed by atoms with Gasteiger partial charge in [0.05, 0.1) is 13.2 Å². The maximum Gasteiger partial charge on any atom is 0.332 e. The highest BCUT2D eigenvalue weighted by Gasteiger charge is 2.18. The second-order valence-electron chi connectivity index (χ2n) is 7.61. The van der Waals surface area contributed by atoms with Gasteiger partial charge >= 0.3 is 5.69 Å². The van der Waals surface area contributed by atoms with Crippen molar-refractivity contribution in [3.05, 3.63) is 56.5 Å². The molecule has 3 aromatic rings. The number of nitrogens with zero attached hydrogens (tertiary/aromatic N) is 4. The van der Waals surface area contributed by atoms with Crippen molar-refractivity contribution < 1.29 is 9.47 Å². The third kappa shape index (κ3) is 4.07. The van der Waals surface area contributed by atoms with Crippen molar-refractivity contribution in [1.82, 2.24) is 18.7 Å². The van der Waals surface area contributed by atoms with Crippen molar-refractivity contribution in [2.45, 2.75) is 45.9 Å². The second-order valence-corrected chi connectivity index (χ2v) is 7.61. The van der Waals surface area contributed by atoms with Crippen LogP contribution in [0.1, 0.15) is 38.1 Å². The number of aromatic nitrogens is 4. The maximum atomic E-state index is 12.8. The summed E-state index contributed by atoms with van der Waals surface area (Å²) in [5.74, 6) is 1.43. The topological polar surface area (TPSA) is 80.3 Å². The van der Waals surface area contributed by atoms with Crippen LogP contribution in [0.15, 0.2) is 33.9 Å². The van der Waals surface area contributed by atoms with Crippen molar-refractivity contribution in [1.29, 1.82) is 0 Å². The Morgan fingerprint density at radius 2 is 1.87 bits per heavy atom. The highest BCUT2D eigenvalue weighted by molar-refractivity contribution is 5.76. The van der Waals surface area contributed by atoms with Gasteiger partial charge in [-0.25, -0.2) is 9.78 Å². The van der Waals surface area contributed by atoms with Crippen LogP contribution in [0.4, 0.5) is 0 Å². The molecule has 0 saturated carbocycles. The lowest BCUT2D eigenvalue weighted by Gasteiger charge is -2.23. The highest BCUT2D eigenvalue weighted by atomic mass is 16.5. The Labute approximate surface area is 180 Å². The molecule has 31 heavy (non-hydrogen) atoms. The van der Waals surface area contributed by atoms with E-state index >= 15 is 0 Å². The Morgan fingerprint density at radius 3 is 2.58 bits per heavy atom. The quantitative estimate of drug-likeness (QED) is 0.608. The molecule has 0 amide bonds. The fourth-order valence-electron chi connectivity index (χ4n) is 3.94. The SMILES string of the molecule is CCn1c(=O)c2c(nc(/C=C/c3cccc(OC4CCOCC4)c3)n2C)n(CC)c1=O. The summed E-state index contributed by atoms with van der Waals surface area (Å²) in [5, 5.41) is 0. The summed E-state index contributed by atoms with van der Waals surface area (Å²) in [5.41, 5.74) is 1.18. The van der Waals surface area contributed by atoms with Crippen LogP contribution in [0, 0.1) is 0 Å². The van der Waals surface area contributed by atoms with Gasteiger partial charge in [-0.05, 0) is 37.6 Å². The molecule has 8 nitrogen and oxygen atoms in total. The van der Waals surface area contributed by atoms with Gasteiger partial charge in [-0.15, -0.1) is 0 Å². The summed E-state index contributed by atoms with van der Waals surface area (Å²) in [6, 6.07) is 7.88. The zero-order valence-electron chi connectivity index (χ0n) is 18.2. The van der Waals surface area contributed by atoms with Gasteiger partial charge in [0.2, 0.25) is 0 Å². The van der Waals surface area contributed by atoms with E-state index in [9.17, 15) is 9.59 Å². The molecule has 1 aliphatic rings. The fourth-order valence-corrected chi connectivity index (χ4v) is 3.94. The second kappa shape index (κ2) is 8.93. The third-order valence-electron chi connectivity index (χ3n) is 5.66. The normalized spacial score (nSPS) is 15.2. The molecular weight excluding hydrogens is 396 g/mol. The van der Waals surface area contributed by atoms with E-state index in [2.05, 4.69) is 4.98 Å². The molecule has 3 heterocycles. The minimum Gasteiger partial charge on any atom is -0.490 e. The van der Waals surface area contributed by atoms with Crippen LogP contribution in [0.3, 0.4) is 0 Å². The first-order valence-corrected chi connectivity index (χ1v) is 10.8. The number of hydrogen-bond donors (Lipinski definition) is 0.